The molecule has 2 rings (SSSR count). The fourth-order valence-electron chi connectivity index (χ4n) is 2.04. The third kappa shape index (κ3) is 4.26. The topological polar surface area (TPSA) is 59.1 Å². The van der Waals surface area contributed by atoms with E-state index in [4.69, 9.17) is 11.6 Å². The number of nitrogens with zero attached hydrogens (tertiary/aromatic N) is 1. The maximum Gasteiger partial charge on any atom is 0.175 e. The third-order valence-electron chi connectivity index (χ3n) is 3.10. The molecule has 0 aliphatic carbocycles. The molecule has 0 spiro atoms. The van der Waals surface area contributed by atoms with E-state index in [9.17, 15) is 8.42 Å². The molecule has 0 radical (unpaired) electrons. The van der Waals surface area contributed by atoms with Crippen LogP contribution in [0.5, 0.6) is 0 Å². The number of rotatable bonds is 6. The van der Waals surface area contributed by atoms with Crippen molar-refractivity contribution in [2.24, 2.45) is 0 Å². The lowest BCUT2D eigenvalue weighted by Gasteiger charge is -2.13. The molecule has 1 heterocycles. The Morgan fingerprint density at radius 1 is 1.43 bits per heavy atom. The zero-order chi connectivity index (χ0) is 15.5. The maximum absolute atomic E-state index is 11.8. The molecule has 0 fully saturated rings. The molecule has 0 bridgehead atoms. The van der Waals surface area contributed by atoms with Crippen LogP contribution in [0.25, 0.3) is 0 Å². The lowest BCUT2D eigenvalue weighted by molar-refractivity contribution is 0.592. The molecule has 2 aromatic rings. The van der Waals surface area contributed by atoms with Gasteiger partial charge in [0.1, 0.15) is 0 Å². The van der Waals surface area contributed by atoms with Crippen LogP contribution in [-0.2, 0) is 16.4 Å². The molecule has 1 atom stereocenters. The molecule has 0 saturated heterocycles. The summed E-state index contributed by atoms with van der Waals surface area (Å²) in [5.74, 6) is 0.272. The zero-order valence-electron chi connectivity index (χ0n) is 11.8. The highest BCUT2D eigenvalue weighted by molar-refractivity contribution is 7.90. The smallest absolute Gasteiger partial charge is 0.175 e. The fourth-order valence-corrected chi connectivity index (χ4v) is 3.99. The second-order valence-electron chi connectivity index (χ2n) is 4.89. The molecule has 0 aliphatic rings. The van der Waals surface area contributed by atoms with Crippen LogP contribution in [0.1, 0.15) is 23.4 Å². The van der Waals surface area contributed by atoms with Crippen molar-refractivity contribution in [1.29, 1.82) is 0 Å². The highest BCUT2D eigenvalue weighted by Crippen LogP contribution is 2.24. The van der Waals surface area contributed by atoms with Gasteiger partial charge in [-0.2, -0.15) is 0 Å². The third-order valence-corrected chi connectivity index (χ3v) is 5.64. The lowest BCUT2D eigenvalue weighted by Crippen LogP contribution is -2.21. The average molecular weight is 345 g/mol. The highest BCUT2D eigenvalue weighted by Gasteiger charge is 2.16. The van der Waals surface area contributed by atoms with Crippen molar-refractivity contribution >= 4 is 32.8 Å². The van der Waals surface area contributed by atoms with Gasteiger partial charge >= 0.3 is 0 Å². The second kappa shape index (κ2) is 6.87. The Morgan fingerprint density at radius 2 is 2.19 bits per heavy atom. The summed E-state index contributed by atoms with van der Waals surface area (Å²) in [6, 6.07) is 4.94. The maximum atomic E-state index is 11.8. The predicted molar refractivity (Wildman–Crippen MR) is 86.8 cm³/mol. The van der Waals surface area contributed by atoms with Gasteiger partial charge in [0.2, 0.25) is 0 Å². The summed E-state index contributed by atoms with van der Waals surface area (Å²) in [6.45, 7) is 3.20. The number of hydrogen-bond donors (Lipinski definition) is 1. The summed E-state index contributed by atoms with van der Waals surface area (Å²) in [5.41, 5.74) is 0.619. The first-order chi connectivity index (χ1) is 9.89. The molecule has 7 heteroatoms. The Labute approximate surface area is 134 Å². The minimum Gasteiger partial charge on any atom is -0.312 e. The van der Waals surface area contributed by atoms with Crippen LogP contribution in [0.15, 0.2) is 34.7 Å². The van der Waals surface area contributed by atoms with Crippen LogP contribution in [-0.4, -0.2) is 26.2 Å². The number of benzene rings is 1. The highest BCUT2D eigenvalue weighted by atomic mass is 35.5. The van der Waals surface area contributed by atoms with Gasteiger partial charge in [-0.15, -0.1) is 11.3 Å². The van der Waals surface area contributed by atoms with Gasteiger partial charge in [0, 0.05) is 47.4 Å². The van der Waals surface area contributed by atoms with Gasteiger partial charge in [-0.3, -0.25) is 0 Å². The molecule has 114 valence electrons. The van der Waals surface area contributed by atoms with E-state index >= 15 is 0 Å². The standard InChI is InChI=1S/C14H17ClN2O2S2/c1-10(14-17-6-7-20-14)8-16-9-11-12(15)4-3-5-13(11)21(2,18)19/h3-7,10,16H,8-9H2,1-2H3. The van der Waals surface area contributed by atoms with Crippen LogP contribution in [0.2, 0.25) is 5.02 Å². The van der Waals surface area contributed by atoms with Gasteiger partial charge < -0.3 is 5.32 Å². The van der Waals surface area contributed by atoms with Crippen molar-refractivity contribution < 1.29 is 8.42 Å². The summed E-state index contributed by atoms with van der Waals surface area (Å²) in [5, 5.41) is 6.73. The Bertz CT molecular complexity index is 700. The molecule has 1 N–H and O–H groups in total. The Morgan fingerprint density at radius 3 is 2.81 bits per heavy atom. The normalized spacial score (nSPS) is 13.3. The van der Waals surface area contributed by atoms with E-state index in [0.29, 0.717) is 23.7 Å². The van der Waals surface area contributed by atoms with Crippen LogP contribution in [0.3, 0.4) is 0 Å². The van der Waals surface area contributed by atoms with Gasteiger partial charge in [-0.05, 0) is 12.1 Å². The number of halogens is 1. The molecule has 1 aromatic carbocycles. The largest absolute Gasteiger partial charge is 0.312 e. The van der Waals surface area contributed by atoms with Gasteiger partial charge in [-0.1, -0.05) is 24.6 Å². The SMILES string of the molecule is CC(CNCc1c(Cl)cccc1S(C)(=O)=O)c1nccs1. The van der Waals surface area contributed by atoms with Gasteiger partial charge in [0.15, 0.2) is 9.84 Å². The molecule has 1 aromatic heterocycles. The van der Waals surface area contributed by atoms with Crippen molar-refractivity contribution in [2.45, 2.75) is 24.3 Å². The summed E-state index contributed by atoms with van der Waals surface area (Å²) >= 11 is 7.75. The first-order valence-electron chi connectivity index (χ1n) is 6.47. The van der Waals surface area contributed by atoms with E-state index in [1.54, 1.807) is 35.7 Å². The van der Waals surface area contributed by atoms with E-state index in [1.165, 1.54) is 6.26 Å². The Hall–Kier alpha value is -0.950. The molecule has 1 unspecified atom stereocenters. The molecule has 0 amide bonds. The number of sulfone groups is 1. The number of nitrogens with one attached hydrogen (secondary N) is 1. The van der Waals surface area contributed by atoms with Gasteiger partial charge in [0.25, 0.3) is 0 Å². The fraction of sp³-hybridized carbons (Fsp3) is 0.357. The van der Waals surface area contributed by atoms with E-state index in [-0.39, 0.29) is 10.8 Å². The predicted octanol–water partition coefficient (Wildman–Crippen LogP) is 3.09. The van der Waals surface area contributed by atoms with Gasteiger partial charge in [-0.25, -0.2) is 13.4 Å². The summed E-state index contributed by atoms with van der Waals surface area (Å²) in [4.78, 5) is 4.55. The van der Waals surface area contributed by atoms with E-state index in [1.807, 2.05) is 5.38 Å². The van der Waals surface area contributed by atoms with Crippen molar-refractivity contribution in [2.75, 3.05) is 12.8 Å². The van der Waals surface area contributed by atoms with Crippen LogP contribution in [0.4, 0.5) is 0 Å². The van der Waals surface area contributed by atoms with Crippen LogP contribution in [0, 0.1) is 0 Å². The zero-order valence-corrected chi connectivity index (χ0v) is 14.2. The monoisotopic (exact) mass is 344 g/mol. The Kier molecular flexibility index (Phi) is 5.37. The molecule has 21 heavy (non-hydrogen) atoms. The van der Waals surface area contributed by atoms with E-state index in [2.05, 4.69) is 17.2 Å². The van der Waals surface area contributed by atoms with Gasteiger partial charge in [0.05, 0.1) is 9.90 Å². The Balaban J connectivity index is 2.07. The summed E-state index contributed by atoms with van der Waals surface area (Å²) < 4.78 is 23.6. The second-order valence-corrected chi connectivity index (χ2v) is 8.21. The summed E-state index contributed by atoms with van der Waals surface area (Å²) in [7, 11) is -3.28. The molecular weight excluding hydrogens is 328 g/mol. The van der Waals surface area contributed by atoms with Crippen LogP contribution < -0.4 is 5.32 Å². The first-order valence-corrected chi connectivity index (χ1v) is 9.62. The molecule has 4 nitrogen and oxygen atoms in total. The van der Waals surface area contributed by atoms with E-state index in [0.717, 1.165) is 5.01 Å². The van der Waals surface area contributed by atoms with Crippen molar-refractivity contribution in [3.63, 3.8) is 0 Å². The number of thiazole rings is 1. The van der Waals surface area contributed by atoms with Crippen LogP contribution >= 0.6 is 22.9 Å². The minimum atomic E-state index is -3.28. The number of hydrogen-bond acceptors (Lipinski definition) is 5. The average Bonchev–Trinajstić information content (AvgIpc) is 2.93. The molecule has 0 saturated carbocycles. The first kappa shape index (κ1) is 16.4. The minimum absolute atomic E-state index is 0.272. The molecular formula is C14H17ClN2O2S2. The van der Waals surface area contributed by atoms with Crippen molar-refractivity contribution in [1.82, 2.24) is 10.3 Å². The lowest BCUT2D eigenvalue weighted by atomic mass is 10.2. The quantitative estimate of drug-likeness (QED) is 0.874. The summed E-state index contributed by atoms with van der Waals surface area (Å²) in [6.07, 6.45) is 2.98. The van der Waals surface area contributed by atoms with E-state index < -0.39 is 9.84 Å². The molecule has 0 aliphatic heterocycles. The van der Waals surface area contributed by atoms with Crippen molar-refractivity contribution in [3.05, 3.63) is 45.4 Å². The van der Waals surface area contributed by atoms with Crippen molar-refractivity contribution in [3.8, 4) is 0 Å². The number of aromatic nitrogens is 1.